The van der Waals surface area contributed by atoms with Crippen LogP contribution in [0.3, 0.4) is 0 Å². The lowest BCUT2D eigenvalue weighted by Gasteiger charge is -2.12. The molecule has 0 saturated carbocycles. The van der Waals surface area contributed by atoms with Crippen molar-refractivity contribution in [3.8, 4) is 11.4 Å². The number of ether oxygens (including phenoxy) is 1. The van der Waals surface area contributed by atoms with Gasteiger partial charge in [0.15, 0.2) is 5.96 Å². The SMILES string of the molecule is CCNC(=NCC1CCCO1)NCCc1nc(-c2cccc(Cl)c2)no1. The predicted octanol–water partition coefficient (Wildman–Crippen LogP) is 2.67. The molecule has 140 valence electrons. The summed E-state index contributed by atoms with van der Waals surface area (Å²) in [7, 11) is 0. The van der Waals surface area contributed by atoms with E-state index in [0.29, 0.717) is 36.2 Å². The van der Waals surface area contributed by atoms with Crippen LogP contribution in [0, 0.1) is 0 Å². The molecule has 0 aliphatic carbocycles. The fraction of sp³-hybridized carbons (Fsp3) is 0.500. The lowest BCUT2D eigenvalue weighted by molar-refractivity contribution is 0.117. The second kappa shape index (κ2) is 9.54. The van der Waals surface area contributed by atoms with Gasteiger partial charge in [0, 0.05) is 36.7 Å². The van der Waals surface area contributed by atoms with Crippen molar-refractivity contribution in [2.75, 3.05) is 26.2 Å². The Morgan fingerprint density at radius 2 is 2.31 bits per heavy atom. The van der Waals surface area contributed by atoms with Gasteiger partial charge in [-0.25, -0.2) is 0 Å². The van der Waals surface area contributed by atoms with Gasteiger partial charge in [-0.3, -0.25) is 4.99 Å². The number of halogens is 1. The summed E-state index contributed by atoms with van der Waals surface area (Å²) in [5.74, 6) is 1.89. The minimum atomic E-state index is 0.238. The number of rotatable bonds is 7. The van der Waals surface area contributed by atoms with Gasteiger partial charge < -0.3 is 19.9 Å². The van der Waals surface area contributed by atoms with Crippen molar-refractivity contribution in [2.24, 2.45) is 4.99 Å². The van der Waals surface area contributed by atoms with E-state index in [-0.39, 0.29) is 6.10 Å². The van der Waals surface area contributed by atoms with Crippen molar-refractivity contribution in [1.29, 1.82) is 0 Å². The molecule has 2 N–H and O–H groups in total. The fourth-order valence-electron chi connectivity index (χ4n) is 2.71. The highest BCUT2D eigenvalue weighted by Crippen LogP contribution is 2.19. The molecule has 1 atom stereocenters. The lowest BCUT2D eigenvalue weighted by Crippen LogP contribution is -2.39. The highest BCUT2D eigenvalue weighted by Gasteiger charge is 2.15. The van der Waals surface area contributed by atoms with E-state index in [1.165, 1.54) is 0 Å². The Kier molecular flexibility index (Phi) is 6.85. The number of aliphatic imine (C=N–C) groups is 1. The average molecular weight is 378 g/mol. The van der Waals surface area contributed by atoms with E-state index >= 15 is 0 Å². The number of hydrogen-bond acceptors (Lipinski definition) is 5. The van der Waals surface area contributed by atoms with E-state index in [1.807, 2.05) is 31.2 Å². The number of nitrogens with one attached hydrogen (secondary N) is 2. The van der Waals surface area contributed by atoms with E-state index < -0.39 is 0 Å². The van der Waals surface area contributed by atoms with Gasteiger partial charge in [0.05, 0.1) is 12.6 Å². The quantitative estimate of drug-likeness (QED) is 0.570. The number of nitrogens with zero attached hydrogens (tertiary/aromatic N) is 3. The maximum Gasteiger partial charge on any atom is 0.228 e. The first kappa shape index (κ1) is 18.7. The molecule has 0 bridgehead atoms. The normalized spacial score (nSPS) is 17.5. The third-order valence-electron chi connectivity index (χ3n) is 4.00. The smallest absolute Gasteiger partial charge is 0.228 e. The largest absolute Gasteiger partial charge is 0.376 e. The zero-order chi connectivity index (χ0) is 18.2. The van der Waals surface area contributed by atoms with Gasteiger partial charge in [-0.2, -0.15) is 4.98 Å². The summed E-state index contributed by atoms with van der Waals surface area (Å²) in [5, 5.41) is 11.2. The Bertz CT molecular complexity index is 728. The van der Waals surface area contributed by atoms with Crippen molar-refractivity contribution < 1.29 is 9.26 Å². The molecule has 2 aromatic rings. The minimum absolute atomic E-state index is 0.238. The van der Waals surface area contributed by atoms with Crippen molar-refractivity contribution in [3.63, 3.8) is 0 Å². The maximum absolute atomic E-state index is 6.00. The fourth-order valence-corrected chi connectivity index (χ4v) is 2.90. The van der Waals surface area contributed by atoms with Crippen LogP contribution in [0.1, 0.15) is 25.7 Å². The van der Waals surface area contributed by atoms with E-state index in [2.05, 4.69) is 25.8 Å². The number of guanidine groups is 1. The Balaban J connectivity index is 1.50. The molecule has 1 aromatic carbocycles. The van der Waals surface area contributed by atoms with Crippen LogP contribution in [0.4, 0.5) is 0 Å². The molecule has 1 aromatic heterocycles. The first-order valence-electron chi connectivity index (χ1n) is 8.97. The molecule has 0 spiro atoms. The van der Waals surface area contributed by atoms with Gasteiger partial charge in [-0.1, -0.05) is 28.9 Å². The highest BCUT2D eigenvalue weighted by molar-refractivity contribution is 6.30. The van der Waals surface area contributed by atoms with Crippen LogP contribution >= 0.6 is 11.6 Å². The summed E-state index contributed by atoms with van der Waals surface area (Å²) in [6.07, 6.45) is 3.05. The van der Waals surface area contributed by atoms with E-state index in [9.17, 15) is 0 Å². The predicted molar refractivity (Wildman–Crippen MR) is 101 cm³/mol. The number of aromatic nitrogens is 2. The molecule has 1 aliphatic heterocycles. The third-order valence-corrected chi connectivity index (χ3v) is 4.24. The highest BCUT2D eigenvalue weighted by atomic mass is 35.5. The second-order valence-corrected chi connectivity index (χ2v) is 6.49. The van der Waals surface area contributed by atoms with Crippen molar-refractivity contribution in [3.05, 3.63) is 35.2 Å². The maximum atomic E-state index is 6.00. The molecule has 1 unspecified atom stereocenters. The van der Waals surface area contributed by atoms with Gasteiger partial charge in [-0.15, -0.1) is 0 Å². The standard InChI is InChI=1S/C18H24ClN5O2/c1-2-20-18(22-12-15-7-4-10-25-15)21-9-8-16-23-17(24-26-16)13-5-3-6-14(19)11-13/h3,5-6,11,15H,2,4,7-10,12H2,1H3,(H2,20,21,22). The van der Waals surface area contributed by atoms with Gasteiger partial charge in [0.25, 0.3) is 0 Å². The van der Waals surface area contributed by atoms with Crippen LogP contribution in [-0.2, 0) is 11.2 Å². The van der Waals surface area contributed by atoms with Crippen LogP contribution in [0.25, 0.3) is 11.4 Å². The van der Waals surface area contributed by atoms with E-state index in [1.54, 1.807) is 0 Å². The second-order valence-electron chi connectivity index (χ2n) is 6.05. The monoisotopic (exact) mass is 377 g/mol. The van der Waals surface area contributed by atoms with Crippen LogP contribution in [0.15, 0.2) is 33.8 Å². The van der Waals surface area contributed by atoms with Crippen LogP contribution in [0.2, 0.25) is 5.02 Å². The molecular weight excluding hydrogens is 354 g/mol. The van der Waals surface area contributed by atoms with Crippen molar-refractivity contribution in [1.82, 2.24) is 20.8 Å². The van der Waals surface area contributed by atoms with Crippen LogP contribution in [-0.4, -0.2) is 48.4 Å². The molecular formula is C18H24ClN5O2. The molecule has 3 rings (SSSR count). The molecule has 2 heterocycles. The van der Waals surface area contributed by atoms with Gasteiger partial charge in [0.1, 0.15) is 0 Å². The Labute approximate surface area is 158 Å². The zero-order valence-electron chi connectivity index (χ0n) is 14.9. The Morgan fingerprint density at radius 1 is 1.38 bits per heavy atom. The minimum Gasteiger partial charge on any atom is -0.376 e. The third kappa shape index (κ3) is 5.44. The van der Waals surface area contributed by atoms with Gasteiger partial charge in [0.2, 0.25) is 11.7 Å². The molecule has 7 nitrogen and oxygen atoms in total. The summed E-state index contributed by atoms with van der Waals surface area (Å²) in [6, 6.07) is 7.39. The van der Waals surface area contributed by atoms with Crippen LogP contribution in [0.5, 0.6) is 0 Å². The van der Waals surface area contributed by atoms with E-state index in [4.69, 9.17) is 20.9 Å². The molecule has 26 heavy (non-hydrogen) atoms. The first-order chi connectivity index (χ1) is 12.7. The first-order valence-corrected chi connectivity index (χ1v) is 9.34. The molecule has 8 heteroatoms. The summed E-state index contributed by atoms with van der Waals surface area (Å²) in [6.45, 7) is 5.01. The summed E-state index contributed by atoms with van der Waals surface area (Å²) >= 11 is 6.00. The molecule has 0 amide bonds. The summed E-state index contributed by atoms with van der Waals surface area (Å²) in [4.78, 5) is 8.99. The molecule has 1 aliphatic rings. The lowest BCUT2D eigenvalue weighted by atomic mass is 10.2. The number of hydrogen-bond donors (Lipinski definition) is 2. The molecule has 1 fully saturated rings. The summed E-state index contributed by atoms with van der Waals surface area (Å²) < 4.78 is 10.9. The Hall–Kier alpha value is -2.12. The van der Waals surface area contributed by atoms with Crippen LogP contribution < -0.4 is 10.6 Å². The topological polar surface area (TPSA) is 84.6 Å². The summed E-state index contributed by atoms with van der Waals surface area (Å²) in [5.41, 5.74) is 0.840. The Morgan fingerprint density at radius 3 is 3.08 bits per heavy atom. The van der Waals surface area contributed by atoms with Gasteiger partial charge >= 0.3 is 0 Å². The molecule has 1 saturated heterocycles. The van der Waals surface area contributed by atoms with Crippen molar-refractivity contribution >= 4 is 17.6 Å². The molecule has 0 radical (unpaired) electrons. The number of benzene rings is 1. The van der Waals surface area contributed by atoms with Gasteiger partial charge in [-0.05, 0) is 31.9 Å². The average Bonchev–Trinajstić information content (AvgIpc) is 3.32. The van der Waals surface area contributed by atoms with Crippen molar-refractivity contribution in [2.45, 2.75) is 32.3 Å². The zero-order valence-corrected chi connectivity index (χ0v) is 15.6. The van der Waals surface area contributed by atoms with E-state index in [0.717, 1.165) is 37.5 Å².